The van der Waals surface area contributed by atoms with E-state index in [0.717, 1.165) is 39.5 Å². The van der Waals surface area contributed by atoms with Crippen LogP contribution in [-0.2, 0) is 26.2 Å². The first-order valence-electron chi connectivity index (χ1n) is 11.0. The van der Waals surface area contributed by atoms with Gasteiger partial charge in [0.15, 0.2) is 0 Å². The average Bonchev–Trinajstić information content (AvgIpc) is 2.81. The summed E-state index contributed by atoms with van der Waals surface area (Å²) in [6.07, 6.45) is 2.59. The van der Waals surface area contributed by atoms with E-state index in [1.54, 1.807) is 31.2 Å². The van der Waals surface area contributed by atoms with Crippen molar-refractivity contribution < 1.29 is 22.9 Å². The van der Waals surface area contributed by atoms with Gasteiger partial charge in [-0.3, -0.25) is 24.0 Å². The minimum Gasteiger partial charge on any atom is -0.354 e. The fourth-order valence-corrected chi connectivity index (χ4v) is 4.39. The molecule has 0 radical (unpaired) electrons. The molecule has 2 aromatic rings. The van der Waals surface area contributed by atoms with Gasteiger partial charge in [-0.05, 0) is 37.1 Å². The van der Waals surface area contributed by atoms with Crippen molar-refractivity contribution in [3.63, 3.8) is 0 Å². The number of nitro benzene ring substituents is 1. The molecule has 2 rings (SSSR count). The molecule has 0 heterocycles. The molecule has 2 amide bonds. The molecule has 10 nitrogen and oxygen atoms in total. The molecule has 35 heavy (non-hydrogen) atoms. The summed E-state index contributed by atoms with van der Waals surface area (Å²) in [4.78, 5) is 38.0. The van der Waals surface area contributed by atoms with Crippen LogP contribution in [0.2, 0.25) is 0 Å². The van der Waals surface area contributed by atoms with Gasteiger partial charge in [0.1, 0.15) is 12.6 Å². The van der Waals surface area contributed by atoms with E-state index in [2.05, 4.69) is 21.2 Å². The highest BCUT2D eigenvalue weighted by Crippen LogP contribution is 2.24. The first-order valence-corrected chi connectivity index (χ1v) is 13.6. The summed E-state index contributed by atoms with van der Waals surface area (Å²) in [6.45, 7) is 3.48. The van der Waals surface area contributed by atoms with Crippen molar-refractivity contribution in [1.82, 2.24) is 10.2 Å². The fourth-order valence-electron chi connectivity index (χ4n) is 3.28. The Bertz CT molecular complexity index is 1160. The number of rotatable bonds is 12. The highest BCUT2D eigenvalue weighted by Gasteiger charge is 2.30. The lowest BCUT2D eigenvalue weighted by Gasteiger charge is -2.31. The lowest BCUT2D eigenvalue weighted by Crippen LogP contribution is -2.51. The van der Waals surface area contributed by atoms with Crippen molar-refractivity contribution >= 4 is 49.1 Å². The molecule has 0 spiro atoms. The number of halogens is 1. The van der Waals surface area contributed by atoms with Gasteiger partial charge in [0.05, 0.1) is 16.9 Å². The fraction of sp³-hybridized carbons (Fsp3) is 0.391. The number of hydrogen-bond donors (Lipinski definition) is 1. The highest BCUT2D eigenvalue weighted by atomic mass is 79.9. The molecule has 0 aliphatic heterocycles. The van der Waals surface area contributed by atoms with Crippen LogP contribution in [0.4, 0.5) is 11.4 Å². The Labute approximate surface area is 213 Å². The van der Waals surface area contributed by atoms with Gasteiger partial charge in [-0.1, -0.05) is 47.5 Å². The maximum absolute atomic E-state index is 13.4. The number of unbranched alkanes of at least 4 members (excludes halogenated alkanes) is 1. The third-order valence-corrected chi connectivity index (χ3v) is 6.94. The van der Waals surface area contributed by atoms with Crippen LogP contribution in [0.15, 0.2) is 53.0 Å². The van der Waals surface area contributed by atoms with Gasteiger partial charge in [0.2, 0.25) is 21.8 Å². The number of non-ortho nitro benzene ring substituents is 1. The van der Waals surface area contributed by atoms with Crippen molar-refractivity contribution in [3.05, 3.63) is 68.7 Å². The number of nitrogens with zero attached hydrogens (tertiary/aromatic N) is 3. The smallest absolute Gasteiger partial charge is 0.271 e. The van der Waals surface area contributed by atoms with Crippen LogP contribution in [0.25, 0.3) is 0 Å². The van der Waals surface area contributed by atoms with Crippen LogP contribution in [0.3, 0.4) is 0 Å². The highest BCUT2D eigenvalue weighted by molar-refractivity contribution is 9.10. The van der Waals surface area contributed by atoms with Crippen molar-refractivity contribution in [3.8, 4) is 0 Å². The second kappa shape index (κ2) is 12.6. The van der Waals surface area contributed by atoms with Gasteiger partial charge in [-0.15, -0.1) is 0 Å². The lowest BCUT2D eigenvalue weighted by molar-refractivity contribution is -0.384. The van der Waals surface area contributed by atoms with E-state index in [1.165, 1.54) is 23.1 Å². The third kappa shape index (κ3) is 8.32. The Morgan fingerprint density at radius 1 is 1.17 bits per heavy atom. The normalized spacial score (nSPS) is 12.0. The quantitative estimate of drug-likeness (QED) is 0.237. The van der Waals surface area contributed by atoms with Crippen molar-refractivity contribution in [2.24, 2.45) is 0 Å². The Morgan fingerprint density at radius 2 is 1.83 bits per heavy atom. The monoisotopic (exact) mass is 568 g/mol. The number of amides is 2. The SMILES string of the molecule is CCCCNC(=O)[C@@H](C)N(Cc1ccc(Br)cc1)C(=O)CN(c1cccc([N+](=O)[O-])c1)S(C)(=O)=O. The molecule has 0 aliphatic carbocycles. The molecular weight excluding hydrogens is 540 g/mol. The summed E-state index contributed by atoms with van der Waals surface area (Å²) in [5, 5.41) is 14.0. The molecule has 0 unspecified atom stereocenters. The predicted octanol–water partition coefficient (Wildman–Crippen LogP) is 3.46. The van der Waals surface area contributed by atoms with E-state index in [1.807, 2.05) is 6.92 Å². The van der Waals surface area contributed by atoms with Crippen LogP contribution in [0.1, 0.15) is 32.3 Å². The summed E-state index contributed by atoms with van der Waals surface area (Å²) < 4.78 is 26.7. The molecule has 0 aromatic heterocycles. The standard InChI is InChI=1S/C23H29BrN4O6S/c1-4-5-13-25-23(30)17(2)26(15-18-9-11-19(24)12-10-18)22(29)16-27(35(3,33)34)20-7-6-8-21(14-20)28(31)32/h6-12,14,17H,4-5,13,15-16H2,1-3H3,(H,25,30)/t17-/m1/s1. The summed E-state index contributed by atoms with van der Waals surface area (Å²) >= 11 is 3.36. The van der Waals surface area contributed by atoms with Gasteiger partial charge in [0.25, 0.3) is 5.69 Å². The van der Waals surface area contributed by atoms with Crippen LogP contribution in [-0.4, -0.2) is 55.4 Å². The van der Waals surface area contributed by atoms with Gasteiger partial charge < -0.3 is 10.2 Å². The zero-order valence-electron chi connectivity index (χ0n) is 19.8. The van der Waals surface area contributed by atoms with E-state index in [0.29, 0.717) is 6.54 Å². The van der Waals surface area contributed by atoms with Crippen LogP contribution >= 0.6 is 15.9 Å². The number of carbonyl (C=O) groups excluding carboxylic acids is 2. The number of nitrogens with one attached hydrogen (secondary N) is 1. The lowest BCUT2D eigenvalue weighted by atomic mass is 10.1. The summed E-state index contributed by atoms with van der Waals surface area (Å²) in [6, 6.07) is 11.4. The van der Waals surface area contributed by atoms with E-state index in [4.69, 9.17) is 0 Å². The Balaban J connectivity index is 2.38. The zero-order chi connectivity index (χ0) is 26.2. The number of hydrogen-bond acceptors (Lipinski definition) is 6. The number of anilines is 1. The van der Waals surface area contributed by atoms with Gasteiger partial charge in [-0.25, -0.2) is 8.42 Å². The second-order valence-electron chi connectivity index (χ2n) is 8.02. The largest absolute Gasteiger partial charge is 0.354 e. The maximum Gasteiger partial charge on any atom is 0.271 e. The molecule has 190 valence electrons. The maximum atomic E-state index is 13.4. The van der Waals surface area contributed by atoms with Crippen molar-refractivity contribution in [2.75, 3.05) is 23.7 Å². The molecule has 0 saturated heterocycles. The minimum atomic E-state index is -3.97. The third-order valence-electron chi connectivity index (χ3n) is 5.27. The molecular formula is C23H29BrN4O6S. The topological polar surface area (TPSA) is 130 Å². The first-order chi connectivity index (χ1) is 16.4. The Morgan fingerprint density at radius 3 is 2.40 bits per heavy atom. The van der Waals surface area contributed by atoms with Crippen LogP contribution in [0.5, 0.6) is 0 Å². The molecule has 0 fully saturated rings. The predicted molar refractivity (Wildman–Crippen MR) is 137 cm³/mol. The number of benzene rings is 2. The second-order valence-corrected chi connectivity index (χ2v) is 10.8. The molecule has 1 atom stereocenters. The summed E-state index contributed by atoms with van der Waals surface area (Å²) in [5.41, 5.74) is 0.425. The van der Waals surface area contributed by atoms with E-state index >= 15 is 0 Å². The van der Waals surface area contributed by atoms with Crippen LogP contribution < -0.4 is 9.62 Å². The number of carbonyl (C=O) groups is 2. The average molecular weight is 569 g/mol. The number of sulfonamides is 1. The molecule has 0 saturated carbocycles. The summed E-state index contributed by atoms with van der Waals surface area (Å²) in [7, 11) is -3.97. The zero-order valence-corrected chi connectivity index (χ0v) is 22.2. The number of nitro groups is 1. The molecule has 0 aliphatic rings. The van der Waals surface area contributed by atoms with Gasteiger partial charge in [0, 0.05) is 29.7 Å². The molecule has 1 N–H and O–H groups in total. The molecule has 0 bridgehead atoms. The first kappa shape index (κ1) is 28.2. The van der Waals surface area contributed by atoms with Crippen molar-refractivity contribution in [2.45, 2.75) is 39.3 Å². The minimum absolute atomic E-state index is 0.0151. The van der Waals surface area contributed by atoms with E-state index in [-0.39, 0.29) is 23.8 Å². The molecule has 2 aromatic carbocycles. The van der Waals surface area contributed by atoms with Crippen molar-refractivity contribution in [1.29, 1.82) is 0 Å². The molecule has 12 heteroatoms. The Kier molecular flexibility index (Phi) is 10.2. The van der Waals surface area contributed by atoms with Gasteiger partial charge >= 0.3 is 0 Å². The van der Waals surface area contributed by atoms with E-state index < -0.39 is 33.4 Å². The summed E-state index contributed by atoms with van der Waals surface area (Å²) in [5.74, 6) is -0.979. The van der Waals surface area contributed by atoms with E-state index in [9.17, 15) is 28.1 Å². The van der Waals surface area contributed by atoms with Gasteiger partial charge in [-0.2, -0.15) is 0 Å². The van der Waals surface area contributed by atoms with Crippen LogP contribution in [0, 0.1) is 10.1 Å². The Hall–Kier alpha value is -2.99.